The number of hydrogen-bond donors (Lipinski definition) is 2. The number of aliphatic hydroxyl groups is 1. The van der Waals surface area contributed by atoms with Gasteiger partial charge in [-0.2, -0.15) is 0 Å². The van der Waals surface area contributed by atoms with Crippen LogP contribution >= 0.6 is 0 Å². The summed E-state index contributed by atoms with van der Waals surface area (Å²) >= 11 is 0. The summed E-state index contributed by atoms with van der Waals surface area (Å²) in [7, 11) is 0. The summed E-state index contributed by atoms with van der Waals surface area (Å²) in [6.07, 6.45) is 1.67. The minimum atomic E-state index is -0.0752. The number of rotatable bonds is 6. The number of nitrogens with one attached hydrogen (secondary N) is 1. The van der Waals surface area contributed by atoms with Crippen LogP contribution in [0.2, 0.25) is 0 Å². The van der Waals surface area contributed by atoms with Crippen molar-refractivity contribution in [1.82, 2.24) is 4.90 Å². The lowest BCUT2D eigenvalue weighted by atomic mass is 9.95. The first-order valence-electron chi connectivity index (χ1n) is 10.5. The van der Waals surface area contributed by atoms with Crippen molar-refractivity contribution in [1.29, 1.82) is 0 Å². The lowest BCUT2D eigenvalue weighted by molar-refractivity contribution is -0.121. The Morgan fingerprint density at radius 2 is 1.77 bits per heavy atom. The lowest BCUT2D eigenvalue weighted by Gasteiger charge is -2.30. The van der Waals surface area contributed by atoms with Crippen LogP contribution in [0.15, 0.2) is 65.1 Å². The molecule has 1 aromatic heterocycles. The number of piperidine rings is 1. The maximum Gasteiger partial charge on any atom is 0.227 e. The summed E-state index contributed by atoms with van der Waals surface area (Å²) in [5.41, 5.74) is 4.40. The zero-order valence-corrected chi connectivity index (χ0v) is 17.3. The smallest absolute Gasteiger partial charge is 0.227 e. The number of anilines is 1. The first-order valence-corrected chi connectivity index (χ1v) is 10.5. The first kappa shape index (κ1) is 20.4. The fourth-order valence-electron chi connectivity index (χ4n) is 3.98. The molecule has 2 heterocycles. The van der Waals surface area contributed by atoms with Gasteiger partial charge in [-0.3, -0.25) is 9.69 Å². The zero-order valence-electron chi connectivity index (χ0n) is 17.3. The Morgan fingerprint density at radius 3 is 2.43 bits per heavy atom. The lowest BCUT2D eigenvalue weighted by Crippen LogP contribution is -2.37. The molecule has 2 N–H and O–H groups in total. The van der Waals surface area contributed by atoms with Crippen LogP contribution < -0.4 is 5.32 Å². The summed E-state index contributed by atoms with van der Waals surface area (Å²) in [5, 5.41) is 12.2. The molecule has 5 heteroatoms. The van der Waals surface area contributed by atoms with Crippen molar-refractivity contribution < 1.29 is 14.3 Å². The van der Waals surface area contributed by atoms with Gasteiger partial charge in [0.25, 0.3) is 0 Å². The van der Waals surface area contributed by atoms with Crippen LogP contribution in [-0.4, -0.2) is 29.0 Å². The normalized spacial score (nSPS) is 15.3. The summed E-state index contributed by atoms with van der Waals surface area (Å²) in [4.78, 5) is 15.0. The first-order chi connectivity index (χ1) is 14.6. The van der Waals surface area contributed by atoms with Crippen LogP contribution in [-0.2, 0) is 17.9 Å². The summed E-state index contributed by atoms with van der Waals surface area (Å²) in [6, 6.07) is 20.2. The van der Waals surface area contributed by atoms with Gasteiger partial charge in [0, 0.05) is 11.6 Å². The standard InChI is InChI=1S/C25H28N2O3/c1-18-3-2-4-21(15-18)19-5-7-22(8-6-19)26-25(29)20-11-13-27(14-12-20)16-23-9-10-24(17-28)30-23/h2-10,15,20,28H,11-14,16-17H2,1H3,(H,26,29). The maximum atomic E-state index is 12.7. The van der Waals surface area contributed by atoms with Gasteiger partial charge in [-0.25, -0.2) is 0 Å². The fourth-order valence-corrected chi connectivity index (χ4v) is 3.98. The predicted octanol–water partition coefficient (Wildman–Crippen LogP) is 4.60. The highest BCUT2D eigenvalue weighted by molar-refractivity contribution is 5.92. The number of carbonyl (C=O) groups excluding carboxylic acids is 1. The molecule has 0 atom stereocenters. The SMILES string of the molecule is Cc1cccc(-c2ccc(NC(=O)C3CCN(Cc4ccc(CO)o4)CC3)cc2)c1. The molecule has 0 aliphatic carbocycles. The highest BCUT2D eigenvalue weighted by atomic mass is 16.4. The molecule has 1 saturated heterocycles. The monoisotopic (exact) mass is 404 g/mol. The van der Waals surface area contributed by atoms with E-state index in [1.807, 2.05) is 18.2 Å². The fraction of sp³-hybridized carbons (Fsp3) is 0.320. The molecule has 0 radical (unpaired) electrons. The second-order valence-electron chi connectivity index (χ2n) is 8.01. The molecule has 0 unspecified atom stereocenters. The summed E-state index contributed by atoms with van der Waals surface area (Å²) in [5.74, 6) is 1.57. The van der Waals surface area contributed by atoms with Crippen LogP contribution in [0.4, 0.5) is 5.69 Å². The molecule has 1 fully saturated rings. The average Bonchev–Trinajstić information content (AvgIpc) is 3.22. The van der Waals surface area contributed by atoms with Crippen molar-refractivity contribution in [2.24, 2.45) is 5.92 Å². The third kappa shape index (κ3) is 4.99. The van der Waals surface area contributed by atoms with Crippen molar-refractivity contribution in [3.8, 4) is 11.1 Å². The number of aliphatic hydroxyl groups excluding tert-OH is 1. The molecule has 1 aliphatic heterocycles. The molecular formula is C25H28N2O3. The van der Waals surface area contributed by atoms with Gasteiger partial charge in [0.05, 0.1) is 6.54 Å². The molecule has 1 amide bonds. The van der Waals surface area contributed by atoms with E-state index in [4.69, 9.17) is 9.52 Å². The average molecular weight is 405 g/mol. The van der Waals surface area contributed by atoms with Gasteiger partial charge in [-0.1, -0.05) is 42.0 Å². The second-order valence-corrected chi connectivity index (χ2v) is 8.01. The minimum absolute atomic E-state index is 0.0299. The third-order valence-electron chi connectivity index (χ3n) is 5.71. The summed E-state index contributed by atoms with van der Waals surface area (Å²) in [6.45, 7) is 4.45. The van der Waals surface area contributed by atoms with Gasteiger partial charge in [0.15, 0.2) is 0 Å². The maximum absolute atomic E-state index is 12.7. The van der Waals surface area contributed by atoms with Crippen LogP contribution in [0.25, 0.3) is 11.1 Å². The Balaban J connectivity index is 1.28. The largest absolute Gasteiger partial charge is 0.462 e. The molecule has 1 aliphatic rings. The molecule has 156 valence electrons. The Bertz CT molecular complexity index is 986. The van der Waals surface area contributed by atoms with Gasteiger partial charge < -0.3 is 14.8 Å². The number of likely N-dealkylation sites (tertiary alicyclic amines) is 1. The predicted molar refractivity (Wildman–Crippen MR) is 118 cm³/mol. The number of aryl methyl sites for hydroxylation is 1. The van der Waals surface area contributed by atoms with Gasteiger partial charge in [-0.05, 0) is 68.2 Å². The quantitative estimate of drug-likeness (QED) is 0.630. The molecule has 0 bridgehead atoms. The van der Waals surface area contributed by atoms with E-state index in [-0.39, 0.29) is 18.4 Å². The Morgan fingerprint density at radius 1 is 1.03 bits per heavy atom. The molecular weight excluding hydrogens is 376 g/mol. The van der Waals surface area contributed by atoms with Gasteiger partial charge in [-0.15, -0.1) is 0 Å². The second kappa shape index (κ2) is 9.28. The highest BCUT2D eigenvalue weighted by Gasteiger charge is 2.25. The van der Waals surface area contributed by atoms with E-state index in [9.17, 15) is 4.79 Å². The molecule has 3 aromatic rings. The van der Waals surface area contributed by atoms with E-state index in [1.54, 1.807) is 6.07 Å². The van der Waals surface area contributed by atoms with Crippen LogP contribution in [0.5, 0.6) is 0 Å². The number of carbonyl (C=O) groups is 1. The van der Waals surface area contributed by atoms with E-state index < -0.39 is 0 Å². The number of furan rings is 1. The van der Waals surface area contributed by atoms with E-state index in [2.05, 4.69) is 53.5 Å². The molecule has 2 aromatic carbocycles. The highest BCUT2D eigenvalue weighted by Crippen LogP contribution is 2.24. The Labute approximate surface area is 177 Å². The van der Waals surface area contributed by atoms with E-state index in [0.717, 1.165) is 49.5 Å². The van der Waals surface area contributed by atoms with Gasteiger partial charge in [0.1, 0.15) is 18.1 Å². The van der Waals surface area contributed by atoms with Crippen LogP contribution in [0.1, 0.15) is 29.9 Å². The van der Waals surface area contributed by atoms with Crippen molar-refractivity contribution in [3.63, 3.8) is 0 Å². The van der Waals surface area contributed by atoms with Crippen LogP contribution in [0, 0.1) is 12.8 Å². The zero-order chi connectivity index (χ0) is 20.9. The molecule has 0 saturated carbocycles. The number of amides is 1. The topological polar surface area (TPSA) is 65.7 Å². The molecule has 5 nitrogen and oxygen atoms in total. The number of hydrogen-bond acceptors (Lipinski definition) is 4. The Hall–Kier alpha value is -2.89. The third-order valence-corrected chi connectivity index (χ3v) is 5.71. The molecule has 30 heavy (non-hydrogen) atoms. The van der Waals surface area contributed by atoms with Crippen molar-refractivity contribution in [2.75, 3.05) is 18.4 Å². The van der Waals surface area contributed by atoms with Crippen molar-refractivity contribution in [3.05, 3.63) is 77.7 Å². The Kier molecular flexibility index (Phi) is 6.31. The van der Waals surface area contributed by atoms with Crippen molar-refractivity contribution in [2.45, 2.75) is 32.9 Å². The minimum Gasteiger partial charge on any atom is -0.462 e. The van der Waals surface area contributed by atoms with Crippen molar-refractivity contribution >= 4 is 11.6 Å². The van der Waals surface area contributed by atoms with E-state index in [0.29, 0.717) is 5.76 Å². The van der Waals surface area contributed by atoms with Gasteiger partial charge >= 0.3 is 0 Å². The number of benzene rings is 2. The molecule has 4 rings (SSSR count). The van der Waals surface area contributed by atoms with Gasteiger partial charge in [0.2, 0.25) is 5.91 Å². The summed E-state index contributed by atoms with van der Waals surface area (Å²) < 4.78 is 5.57. The van der Waals surface area contributed by atoms with Crippen LogP contribution in [0.3, 0.4) is 0 Å². The molecule has 0 spiro atoms. The number of nitrogens with zero attached hydrogens (tertiary/aromatic N) is 1. The van der Waals surface area contributed by atoms with E-state index >= 15 is 0 Å². The van der Waals surface area contributed by atoms with E-state index in [1.165, 1.54) is 11.1 Å².